The van der Waals surface area contributed by atoms with Crippen LogP contribution in [-0.2, 0) is 14.8 Å². The minimum atomic E-state index is -3.38. The highest BCUT2D eigenvalue weighted by atomic mass is 32.2. The molecule has 0 spiro atoms. The molecule has 0 bridgehead atoms. The Labute approximate surface area is 103 Å². The zero-order valence-electron chi connectivity index (χ0n) is 10.4. The molecule has 100 valence electrons. The number of carboxylic acids is 1. The van der Waals surface area contributed by atoms with E-state index in [9.17, 15) is 13.2 Å². The second kappa shape index (κ2) is 5.35. The van der Waals surface area contributed by atoms with Gasteiger partial charge >= 0.3 is 5.97 Å². The molecule has 1 rings (SSSR count). The fourth-order valence-corrected chi connectivity index (χ4v) is 4.36. The number of carbonyl (C=O) groups is 1. The maximum atomic E-state index is 11.9. The van der Waals surface area contributed by atoms with E-state index >= 15 is 0 Å². The Kier molecular flexibility index (Phi) is 4.55. The van der Waals surface area contributed by atoms with Crippen LogP contribution in [0.1, 0.15) is 46.0 Å². The van der Waals surface area contributed by atoms with E-state index in [0.717, 1.165) is 12.8 Å². The van der Waals surface area contributed by atoms with Gasteiger partial charge in [-0.25, -0.2) is 13.1 Å². The highest BCUT2D eigenvalue weighted by Gasteiger charge is 2.39. The van der Waals surface area contributed by atoms with Crippen molar-refractivity contribution in [2.75, 3.05) is 5.75 Å². The fourth-order valence-electron chi connectivity index (χ4n) is 2.47. The second-order valence-corrected chi connectivity index (χ2v) is 7.10. The van der Waals surface area contributed by atoms with Crippen LogP contribution in [0, 0.1) is 5.92 Å². The molecule has 1 aliphatic rings. The number of rotatable bonds is 6. The summed E-state index contributed by atoms with van der Waals surface area (Å²) in [5, 5.41) is 8.88. The maximum Gasteiger partial charge on any atom is 0.305 e. The summed E-state index contributed by atoms with van der Waals surface area (Å²) in [6.45, 7) is 3.66. The van der Waals surface area contributed by atoms with Crippen LogP contribution in [0.2, 0.25) is 0 Å². The summed E-state index contributed by atoms with van der Waals surface area (Å²) >= 11 is 0. The average molecular weight is 263 g/mol. The highest BCUT2D eigenvalue weighted by molar-refractivity contribution is 7.89. The van der Waals surface area contributed by atoms with Crippen LogP contribution in [0.3, 0.4) is 0 Å². The molecule has 0 aliphatic heterocycles. The Bertz CT molecular complexity index is 369. The number of hydrogen-bond donors (Lipinski definition) is 2. The normalized spacial score (nSPS) is 19.7. The van der Waals surface area contributed by atoms with Crippen molar-refractivity contribution < 1.29 is 18.3 Å². The van der Waals surface area contributed by atoms with Gasteiger partial charge in [-0.05, 0) is 18.8 Å². The van der Waals surface area contributed by atoms with E-state index in [2.05, 4.69) is 4.72 Å². The largest absolute Gasteiger partial charge is 0.481 e. The summed E-state index contributed by atoms with van der Waals surface area (Å²) in [6.07, 6.45) is 2.90. The number of sulfonamides is 1. The van der Waals surface area contributed by atoms with Crippen LogP contribution < -0.4 is 4.72 Å². The quantitative estimate of drug-likeness (QED) is 0.757. The first-order chi connectivity index (χ1) is 7.75. The number of hydrogen-bond acceptors (Lipinski definition) is 3. The molecular weight excluding hydrogens is 242 g/mol. The van der Waals surface area contributed by atoms with Gasteiger partial charge < -0.3 is 5.11 Å². The van der Waals surface area contributed by atoms with Crippen molar-refractivity contribution in [3.8, 4) is 0 Å². The molecule has 0 amide bonds. The maximum absolute atomic E-state index is 11.9. The van der Waals surface area contributed by atoms with Crippen LogP contribution in [0.25, 0.3) is 0 Å². The Hall–Kier alpha value is -0.620. The minimum Gasteiger partial charge on any atom is -0.481 e. The van der Waals surface area contributed by atoms with E-state index in [1.165, 1.54) is 0 Å². The molecule has 0 saturated heterocycles. The van der Waals surface area contributed by atoms with Gasteiger partial charge in [0.25, 0.3) is 0 Å². The predicted octanol–water partition coefficient (Wildman–Crippen LogP) is 1.35. The van der Waals surface area contributed by atoms with Gasteiger partial charge in [-0.3, -0.25) is 4.79 Å². The third kappa shape index (κ3) is 4.63. The summed E-state index contributed by atoms with van der Waals surface area (Å²) in [5.41, 5.74) is -0.750. The molecule has 0 heterocycles. The highest BCUT2D eigenvalue weighted by Crippen LogP contribution is 2.33. The van der Waals surface area contributed by atoms with Crippen molar-refractivity contribution in [1.82, 2.24) is 4.72 Å². The van der Waals surface area contributed by atoms with E-state index in [0.29, 0.717) is 12.8 Å². The topological polar surface area (TPSA) is 83.5 Å². The lowest BCUT2D eigenvalue weighted by molar-refractivity contribution is -0.138. The Morgan fingerprint density at radius 1 is 1.35 bits per heavy atom. The van der Waals surface area contributed by atoms with Crippen molar-refractivity contribution in [1.29, 1.82) is 0 Å². The van der Waals surface area contributed by atoms with Gasteiger partial charge in [0.1, 0.15) is 0 Å². The molecule has 2 N–H and O–H groups in total. The molecule has 0 aromatic rings. The van der Waals surface area contributed by atoms with Gasteiger partial charge in [-0.15, -0.1) is 0 Å². The minimum absolute atomic E-state index is 0.0378. The molecule has 1 aliphatic carbocycles. The molecule has 0 atom stereocenters. The Morgan fingerprint density at radius 3 is 2.29 bits per heavy atom. The molecule has 0 aromatic carbocycles. The van der Waals surface area contributed by atoms with E-state index in [1.54, 1.807) is 0 Å². The molecule has 5 nitrogen and oxygen atoms in total. The van der Waals surface area contributed by atoms with Crippen molar-refractivity contribution in [3.63, 3.8) is 0 Å². The van der Waals surface area contributed by atoms with Gasteiger partial charge in [0.15, 0.2) is 0 Å². The molecule has 1 saturated carbocycles. The lowest BCUT2D eigenvalue weighted by Gasteiger charge is -2.28. The summed E-state index contributed by atoms with van der Waals surface area (Å²) in [6, 6.07) is 0. The number of carboxylic acid groups (broad SMARTS) is 1. The van der Waals surface area contributed by atoms with Gasteiger partial charge in [0.05, 0.1) is 12.2 Å². The lowest BCUT2D eigenvalue weighted by Crippen LogP contribution is -2.48. The predicted molar refractivity (Wildman–Crippen MR) is 65.2 cm³/mol. The standard InChI is InChI=1S/C11H21NO4S/c1-9(2)8-17(15,16)12-11(7-10(13)14)5-3-4-6-11/h9,12H,3-8H2,1-2H3,(H,13,14). The zero-order chi connectivity index (χ0) is 13.1. The van der Waals surface area contributed by atoms with E-state index in [4.69, 9.17) is 5.11 Å². The molecular formula is C11H21NO4S. The van der Waals surface area contributed by atoms with Crippen molar-refractivity contribution in [3.05, 3.63) is 0 Å². The first-order valence-corrected chi connectivity index (χ1v) is 7.63. The van der Waals surface area contributed by atoms with Crippen molar-refractivity contribution >= 4 is 16.0 Å². The summed E-state index contributed by atoms with van der Waals surface area (Å²) in [4.78, 5) is 10.8. The van der Waals surface area contributed by atoms with Crippen LogP contribution in [-0.4, -0.2) is 30.8 Å². The van der Waals surface area contributed by atoms with Gasteiger partial charge in [0, 0.05) is 5.54 Å². The Morgan fingerprint density at radius 2 is 1.88 bits per heavy atom. The number of aliphatic carboxylic acids is 1. The summed E-state index contributed by atoms with van der Waals surface area (Å²) < 4.78 is 26.4. The molecule has 0 unspecified atom stereocenters. The van der Waals surface area contributed by atoms with Gasteiger partial charge in [-0.1, -0.05) is 26.7 Å². The van der Waals surface area contributed by atoms with Crippen molar-refractivity contribution in [2.45, 2.75) is 51.5 Å². The first kappa shape index (κ1) is 14.4. The van der Waals surface area contributed by atoms with Crippen molar-refractivity contribution in [2.24, 2.45) is 5.92 Å². The molecule has 1 fully saturated rings. The van der Waals surface area contributed by atoms with E-state index in [1.807, 2.05) is 13.8 Å². The monoisotopic (exact) mass is 263 g/mol. The smallest absolute Gasteiger partial charge is 0.305 e. The Balaban J connectivity index is 2.76. The summed E-state index contributed by atoms with van der Waals surface area (Å²) in [5.74, 6) is -0.858. The fraction of sp³-hybridized carbons (Fsp3) is 0.909. The SMILES string of the molecule is CC(C)CS(=O)(=O)NC1(CC(=O)O)CCCC1. The second-order valence-electron chi connectivity index (χ2n) is 5.34. The average Bonchev–Trinajstić information content (AvgIpc) is 2.46. The van der Waals surface area contributed by atoms with Crippen LogP contribution in [0.5, 0.6) is 0 Å². The molecule has 17 heavy (non-hydrogen) atoms. The zero-order valence-corrected chi connectivity index (χ0v) is 11.2. The summed E-state index contributed by atoms with van der Waals surface area (Å²) in [7, 11) is -3.38. The molecule has 0 aromatic heterocycles. The van der Waals surface area contributed by atoms with E-state index < -0.39 is 21.5 Å². The molecule has 0 radical (unpaired) electrons. The van der Waals surface area contributed by atoms with Gasteiger partial charge in [0.2, 0.25) is 10.0 Å². The first-order valence-electron chi connectivity index (χ1n) is 5.98. The third-order valence-corrected chi connectivity index (χ3v) is 4.82. The van der Waals surface area contributed by atoms with Gasteiger partial charge in [-0.2, -0.15) is 0 Å². The van der Waals surface area contributed by atoms with Crippen LogP contribution in [0.15, 0.2) is 0 Å². The van der Waals surface area contributed by atoms with E-state index in [-0.39, 0.29) is 18.1 Å². The number of nitrogens with one attached hydrogen (secondary N) is 1. The molecule has 6 heteroatoms. The lowest BCUT2D eigenvalue weighted by atomic mass is 9.95. The van der Waals surface area contributed by atoms with Crippen LogP contribution in [0.4, 0.5) is 0 Å². The third-order valence-electron chi connectivity index (χ3n) is 2.98. The van der Waals surface area contributed by atoms with Crippen LogP contribution >= 0.6 is 0 Å².